The number of phenolic OH excluding ortho intramolecular Hbond substituents is 1. The number of primary amides is 1. The van der Waals surface area contributed by atoms with E-state index in [0.717, 1.165) is 10.9 Å². The van der Waals surface area contributed by atoms with Crippen molar-refractivity contribution in [3.8, 4) is 5.75 Å². The van der Waals surface area contributed by atoms with Gasteiger partial charge in [-0.1, -0.05) is 71.9 Å². The Bertz CT molecular complexity index is 3830. The van der Waals surface area contributed by atoms with E-state index in [-0.39, 0.29) is 88.1 Å². The molecule has 38 heteroatoms. The fourth-order valence-corrected chi connectivity index (χ4v) is 12.0. The molecule has 604 valence electrons. The Morgan fingerprint density at radius 1 is 0.545 bits per heavy atom. The number of H-pyrrole nitrogens is 2. The van der Waals surface area contributed by atoms with Crippen LogP contribution in [0.25, 0.3) is 10.9 Å². The lowest BCUT2D eigenvalue weighted by Crippen LogP contribution is -2.62. The van der Waals surface area contributed by atoms with Crippen LogP contribution in [0.3, 0.4) is 0 Å². The van der Waals surface area contributed by atoms with Crippen LogP contribution in [0.2, 0.25) is 0 Å². The molecule has 15 amide bonds. The summed E-state index contributed by atoms with van der Waals surface area (Å²) in [5.41, 5.74) is 13.3. The summed E-state index contributed by atoms with van der Waals surface area (Å²) in [6, 6.07) is -4.76. The first-order chi connectivity index (χ1) is 52.0. The first kappa shape index (κ1) is 89.5. The Kier molecular flexibility index (Phi) is 35.6. The van der Waals surface area contributed by atoms with Gasteiger partial charge in [0.1, 0.15) is 78.3 Å². The number of benzene rings is 2. The standard InChI is InChI=1S/C72H107N19O19/c1-36(2)23-48(64(102)78-33-59(98)91-21-12-15-56(91)71(109)87-53(63(101)76-20-22-92)28-44-32-75-35-79-44)84-65(103)49(24-37(3)4)85-67(105)51(26-42-16-18-45(95)19-17-42)83-62(100)40(8)80-61(99)39(7)81-70(108)55(34-93)89-68(106)54(29-57(74)96)86-66(104)50(25-38(5)6)88-72(110)60(41(9)94)90-69(107)52(82-58(97)30-73)27-43-31-77-47-14-11-10-13-46(43)47/h10-11,13-14,16-19,31-32,35-41,48-56,60,77,92-95H,12,15,20-30,33-34,73H2,1-9H3,(H2,74,96)(H,75,79)(H,76,101)(H,78,102)(H,80,99)(H,81,108)(H,82,97)(H,83,100)(H,84,103)(H,85,105)(H,86,104)(H,87,109)(H,88,110)(H,89,106)(H,90,107)/t39-,40+,41+,48-,49-,50-,51-,52-,53-,54-,55-,56-,60-/m0/s1. The van der Waals surface area contributed by atoms with Crippen molar-refractivity contribution >= 4 is 99.5 Å². The second-order valence-corrected chi connectivity index (χ2v) is 28.4. The van der Waals surface area contributed by atoms with Crippen molar-refractivity contribution in [1.82, 2.24) is 89.0 Å². The molecule has 0 spiro atoms. The monoisotopic (exact) mass is 1540 g/mol. The smallest absolute Gasteiger partial charge is 0.245 e. The number of carbonyl (C=O) groups excluding carboxylic acids is 15. The molecule has 0 aliphatic carbocycles. The van der Waals surface area contributed by atoms with Gasteiger partial charge in [-0.15, -0.1) is 0 Å². The van der Waals surface area contributed by atoms with Gasteiger partial charge in [-0.2, -0.15) is 0 Å². The largest absolute Gasteiger partial charge is 0.508 e. The number of nitrogens with two attached hydrogens (primary N) is 2. The average Bonchev–Trinajstić information content (AvgIpc) is 1.70. The van der Waals surface area contributed by atoms with Crippen LogP contribution in [0.4, 0.5) is 0 Å². The summed E-state index contributed by atoms with van der Waals surface area (Å²) in [5, 5.41) is 73.7. The van der Waals surface area contributed by atoms with Crippen molar-refractivity contribution in [2.75, 3.05) is 39.4 Å². The van der Waals surface area contributed by atoms with E-state index in [0.29, 0.717) is 23.2 Å². The Morgan fingerprint density at radius 2 is 1.05 bits per heavy atom. The van der Waals surface area contributed by atoms with Crippen molar-refractivity contribution in [1.29, 1.82) is 0 Å². The molecular formula is C72H107N19O19. The third-order valence-electron chi connectivity index (χ3n) is 17.7. The number of aliphatic hydroxyl groups is 3. The number of para-hydroxylation sites is 1. The molecule has 0 bridgehead atoms. The van der Waals surface area contributed by atoms with E-state index >= 15 is 0 Å². The maximum Gasteiger partial charge on any atom is 0.245 e. The topological polar surface area (TPSA) is 593 Å². The minimum Gasteiger partial charge on any atom is -0.508 e. The number of nitrogens with one attached hydrogen (secondary N) is 15. The lowest BCUT2D eigenvalue weighted by Gasteiger charge is -2.28. The van der Waals surface area contributed by atoms with Gasteiger partial charge in [0.2, 0.25) is 88.6 Å². The highest BCUT2D eigenvalue weighted by atomic mass is 16.3. The maximum absolute atomic E-state index is 14.5. The summed E-state index contributed by atoms with van der Waals surface area (Å²) in [7, 11) is 0. The number of aliphatic hydroxyl groups excluding tert-OH is 3. The van der Waals surface area contributed by atoms with Crippen LogP contribution in [0, 0.1) is 17.8 Å². The second-order valence-electron chi connectivity index (χ2n) is 28.4. The molecule has 110 heavy (non-hydrogen) atoms. The van der Waals surface area contributed by atoms with Crippen LogP contribution >= 0.6 is 0 Å². The normalized spacial score (nSPS) is 16.0. The lowest BCUT2D eigenvalue weighted by molar-refractivity contribution is -0.140. The third kappa shape index (κ3) is 28.5. The number of nitrogens with zero attached hydrogens (tertiary/aromatic N) is 2. The lowest BCUT2D eigenvalue weighted by atomic mass is 9.99. The molecular weight excluding hydrogens is 1430 g/mol. The van der Waals surface area contributed by atoms with E-state index in [2.05, 4.69) is 84.1 Å². The molecule has 5 rings (SSSR count). The van der Waals surface area contributed by atoms with Crippen LogP contribution in [-0.4, -0.2) is 247 Å². The molecule has 13 atom stereocenters. The summed E-state index contributed by atoms with van der Waals surface area (Å²) >= 11 is 0. The van der Waals surface area contributed by atoms with Gasteiger partial charge in [0, 0.05) is 61.3 Å². The first-order valence-electron chi connectivity index (χ1n) is 36.4. The number of carbonyl (C=O) groups is 15. The molecule has 23 N–H and O–H groups in total. The summed E-state index contributed by atoms with van der Waals surface area (Å²) in [6.07, 6.45) is 2.36. The summed E-state index contributed by atoms with van der Waals surface area (Å²) < 4.78 is 0. The van der Waals surface area contributed by atoms with E-state index in [1.807, 2.05) is 0 Å². The number of hydrogen-bond acceptors (Lipinski definition) is 21. The van der Waals surface area contributed by atoms with Gasteiger partial charge in [-0.3, -0.25) is 71.9 Å². The Balaban J connectivity index is 1.21. The zero-order valence-electron chi connectivity index (χ0n) is 63.2. The molecule has 1 aliphatic rings. The van der Waals surface area contributed by atoms with Crippen LogP contribution < -0.4 is 80.6 Å². The number of likely N-dealkylation sites (tertiary alicyclic amines) is 1. The fourth-order valence-electron chi connectivity index (χ4n) is 12.0. The number of aromatic hydroxyl groups is 1. The van der Waals surface area contributed by atoms with Gasteiger partial charge in [0.25, 0.3) is 0 Å². The molecule has 4 aromatic rings. The Labute approximate surface area is 635 Å². The van der Waals surface area contributed by atoms with Crippen LogP contribution in [0.5, 0.6) is 5.75 Å². The van der Waals surface area contributed by atoms with Crippen molar-refractivity contribution in [2.45, 2.75) is 199 Å². The van der Waals surface area contributed by atoms with Gasteiger partial charge < -0.3 is 116 Å². The second kappa shape index (κ2) is 43.8. The highest BCUT2D eigenvalue weighted by molar-refractivity contribution is 6.01. The minimum atomic E-state index is -1.88. The van der Waals surface area contributed by atoms with Crippen LogP contribution in [0.1, 0.15) is 118 Å². The highest BCUT2D eigenvalue weighted by Crippen LogP contribution is 2.22. The minimum absolute atomic E-state index is 0.00647. The molecule has 38 nitrogen and oxygen atoms in total. The van der Waals surface area contributed by atoms with Crippen molar-refractivity contribution in [3.63, 3.8) is 0 Å². The van der Waals surface area contributed by atoms with Crippen molar-refractivity contribution in [3.05, 3.63) is 84.1 Å². The van der Waals surface area contributed by atoms with Gasteiger partial charge in [0.15, 0.2) is 0 Å². The Hall–Kier alpha value is -11.1. The first-order valence-corrected chi connectivity index (χ1v) is 36.4. The molecule has 2 aromatic carbocycles. The molecule has 2 aromatic heterocycles. The van der Waals surface area contributed by atoms with Gasteiger partial charge in [-0.25, -0.2) is 4.98 Å². The number of imidazole rings is 1. The zero-order valence-corrected chi connectivity index (χ0v) is 63.2. The number of phenols is 1. The third-order valence-corrected chi connectivity index (χ3v) is 17.7. The molecule has 0 unspecified atom stereocenters. The number of rotatable bonds is 44. The predicted molar refractivity (Wildman–Crippen MR) is 397 cm³/mol. The summed E-state index contributed by atoms with van der Waals surface area (Å²) in [5.74, 6) is -14.5. The summed E-state index contributed by atoms with van der Waals surface area (Å²) in [4.78, 5) is 217. The quantitative estimate of drug-likeness (QED) is 0.0196. The van der Waals surface area contributed by atoms with E-state index < -0.39 is 193 Å². The van der Waals surface area contributed by atoms with E-state index in [4.69, 9.17) is 11.5 Å². The number of amides is 15. The highest BCUT2D eigenvalue weighted by Gasteiger charge is 2.40. The molecule has 1 saturated heterocycles. The summed E-state index contributed by atoms with van der Waals surface area (Å²) in [6.45, 7) is 11.6. The van der Waals surface area contributed by atoms with Crippen LogP contribution in [0.15, 0.2) is 67.3 Å². The fraction of sp³-hybridized carbons (Fsp3) is 0.556. The average molecular weight is 1540 g/mol. The molecule has 1 aliphatic heterocycles. The predicted octanol–water partition coefficient (Wildman–Crippen LogP) is -5.44. The number of fused-ring (bicyclic) bond motifs is 1. The van der Waals surface area contributed by atoms with Gasteiger partial charge in [-0.05, 0) is 100.0 Å². The Morgan fingerprint density at radius 3 is 1.61 bits per heavy atom. The zero-order chi connectivity index (χ0) is 81.6. The van der Waals surface area contributed by atoms with Gasteiger partial charge >= 0.3 is 0 Å². The van der Waals surface area contributed by atoms with Crippen molar-refractivity contribution in [2.24, 2.45) is 29.2 Å². The molecule has 0 saturated carbocycles. The maximum atomic E-state index is 14.5. The SMILES string of the molecule is CC(C)C[C@H](NC(=O)[C@H](CC(C)C)NC(=O)[C@H](Cc1ccc(O)cc1)NC(=O)[C@@H](C)NC(=O)[C@H](C)NC(=O)[C@H](CO)NC(=O)[C@H](CC(N)=O)NC(=O)[C@H](CC(C)C)NC(=O)[C@@H](NC(=O)[C@H](Cc1c[nH]c2ccccc12)NC(=O)CN)[C@@H](C)O)C(=O)NCC(=O)N1CCC[C@H]1C(=O)N[C@@H](Cc1cnc[nH]1)C(=O)NCCO. The molecule has 0 radical (unpaired) electrons. The molecule has 1 fully saturated rings. The van der Waals surface area contributed by atoms with Crippen molar-refractivity contribution < 1.29 is 92.3 Å². The van der Waals surface area contributed by atoms with E-state index in [1.165, 1.54) is 62.5 Å². The number of hydrogen-bond donors (Lipinski definition) is 21. The van der Waals surface area contributed by atoms with E-state index in [9.17, 15) is 92.3 Å². The molecule has 3 heterocycles. The van der Waals surface area contributed by atoms with E-state index in [1.54, 1.807) is 72.0 Å². The number of aromatic amines is 2. The van der Waals surface area contributed by atoms with Gasteiger partial charge in [0.05, 0.1) is 45.2 Å². The van der Waals surface area contributed by atoms with Crippen LogP contribution in [-0.2, 0) is 91.2 Å². The number of aromatic nitrogens is 3.